The fourth-order valence-corrected chi connectivity index (χ4v) is 6.13. The molecule has 0 aromatic heterocycles. The van der Waals surface area contributed by atoms with Crippen LogP contribution < -0.4 is 16.3 Å². The molecule has 4 amide bonds. The van der Waals surface area contributed by atoms with Crippen LogP contribution in [0.25, 0.3) is 0 Å². The van der Waals surface area contributed by atoms with Crippen molar-refractivity contribution < 1.29 is 44.6 Å². The van der Waals surface area contributed by atoms with Gasteiger partial charge in [-0.15, -0.1) is 8.57 Å². The van der Waals surface area contributed by atoms with Crippen molar-refractivity contribution >= 4 is 43.9 Å². The second kappa shape index (κ2) is 14.5. The molecule has 0 saturated heterocycles. The Kier molecular flexibility index (Phi) is 12.3. The van der Waals surface area contributed by atoms with Crippen LogP contribution in [0.5, 0.6) is 0 Å². The minimum atomic E-state index is -3.88. The maximum Gasteiger partial charge on any atom is 0.287 e. The summed E-state index contributed by atoms with van der Waals surface area (Å²) < 4.78 is 55.1. The molecular formula is C24H41N3O10S2. The van der Waals surface area contributed by atoms with Crippen molar-refractivity contribution in [1.82, 2.24) is 16.3 Å². The summed E-state index contributed by atoms with van der Waals surface area (Å²) in [5.41, 5.74) is 2.42. The van der Waals surface area contributed by atoms with Gasteiger partial charge in [0.05, 0.1) is 11.5 Å². The molecular weight excluding hydrogens is 554 g/mol. The van der Waals surface area contributed by atoms with Gasteiger partial charge in [0.25, 0.3) is 20.2 Å². The van der Waals surface area contributed by atoms with Gasteiger partial charge >= 0.3 is 0 Å². The average molecular weight is 596 g/mol. The molecule has 0 aromatic rings. The highest BCUT2D eigenvalue weighted by molar-refractivity contribution is 7.86. The number of carbonyl (C=O) groups excluding carboxylic acids is 4. The van der Waals surface area contributed by atoms with Crippen LogP contribution in [-0.4, -0.2) is 52.0 Å². The van der Waals surface area contributed by atoms with Crippen molar-refractivity contribution in [2.75, 3.05) is 11.5 Å². The first-order chi connectivity index (χ1) is 18.2. The largest absolute Gasteiger partial charge is 0.296 e. The first-order valence-corrected chi connectivity index (χ1v) is 16.6. The van der Waals surface area contributed by atoms with E-state index in [0.717, 1.165) is 38.5 Å². The van der Waals surface area contributed by atoms with Gasteiger partial charge in [0.15, 0.2) is 0 Å². The molecule has 2 aliphatic rings. The first-order valence-electron chi connectivity index (χ1n) is 13.5. The second-order valence-electron chi connectivity index (χ2n) is 10.7. The zero-order valence-corrected chi connectivity index (χ0v) is 24.3. The highest BCUT2D eigenvalue weighted by atomic mass is 32.2. The number of imide groups is 1. The maximum atomic E-state index is 12.9. The van der Waals surface area contributed by atoms with E-state index in [1.165, 1.54) is 13.8 Å². The minimum Gasteiger partial charge on any atom is -0.296 e. The Balaban J connectivity index is 2.00. The van der Waals surface area contributed by atoms with Gasteiger partial charge in [-0.25, -0.2) is 11.0 Å². The molecule has 15 heteroatoms. The van der Waals surface area contributed by atoms with Crippen LogP contribution in [0.3, 0.4) is 0 Å². The van der Waals surface area contributed by atoms with E-state index >= 15 is 0 Å². The Labute approximate surface area is 230 Å². The van der Waals surface area contributed by atoms with Gasteiger partial charge in [-0.2, -0.15) is 16.8 Å². The van der Waals surface area contributed by atoms with Gasteiger partial charge in [-0.05, 0) is 50.4 Å². The molecule has 0 heterocycles. The third-order valence-corrected chi connectivity index (χ3v) is 9.61. The summed E-state index contributed by atoms with van der Waals surface area (Å²) in [7, 11) is -7.75. The zero-order valence-electron chi connectivity index (χ0n) is 22.7. The van der Waals surface area contributed by atoms with Crippen LogP contribution in [0.15, 0.2) is 0 Å². The molecule has 2 aliphatic carbocycles. The molecule has 0 spiro atoms. The van der Waals surface area contributed by atoms with Crippen molar-refractivity contribution in [3.63, 3.8) is 0 Å². The molecule has 2 fully saturated rings. The number of amides is 4. The molecule has 0 radical (unpaired) electrons. The third kappa shape index (κ3) is 11.5. The van der Waals surface area contributed by atoms with E-state index in [2.05, 4.69) is 13.9 Å². The maximum absolute atomic E-state index is 12.9. The van der Waals surface area contributed by atoms with Crippen LogP contribution >= 0.6 is 0 Å². The lowest BCUT2D eigenvalue weighted by molar-refractivity contribution is -0.135. The fraction of sp³-hybridized carbons (Fsp3) is 0.833. The topological polar surface area (TPSA) is 191 Å². The van der Waals surface area contributed by atoms with Crippen LogP contribution in [-0.2, 0) is 48.0 Å². The van der Waals surface area contributed by atoms with Crippen LogP contribution in [0.4, 0.5) is 0 Å². The summed E-state index contributed by atoms with van der Waals surface area (Å²) in [6.45, 7) is 2.75. The summed E-state index contributed by atoms with van der Waals surface area (Å²) in [5, 5.41) is 2.41. The van der Waals surface area contributed by atoms with Crippen LogP contribution in [0, 0.1) is 10.8 Å². The number of hydrogen-bond acceptors (Lipinski definition) is 10. The van der Waals surface area contributed by atoms with E-state index in [1.54, 1.807) is 0 Å². The molecule has 0 aliphatic heterocycles. The Hall–Kier alpha value is -2.10. The van der Waals surface area contributed by atoms with E-state index in [4.69, 9.17) is 0 Å². The van der Waals surface area contributed by atoms with Gasteiger partial charge < -0.3 is 0 Å². The van der Waals surface area contributed by atoms with E-state index in [9.17, 15) is 36.0 Å². The quantitative estimate of drug-likeness (QED) is 0.250. The van der Waals surface area contributed by atoms with Gasteiger partial charge in [0.2, 0.25) is 23.6 Å². The molecule has 39 heavy (non-hydrogen) atoms. The summed E-state index contributed by atoms with van der Waals surface area (Å²) >= 11 is 0. The van der Waals surface area contributed by atoms with E-state index in [-0.39, 0.29) is 37.2 Å². The Morgan fingerprint density at radius 3 is 1.18 bits per heavy atom. The van der Waals surface area contributed by atoms with E-state index in [0.29, 0.717) is 25.7 Å². The molecule has 0 atom stereocenters. The number of carbonyl (C=O) groups is 4. The summed E-state index contributed by atoms with van der Waals surface area (Å²) in [6.07, 6.45) is 6.85. The highest BCUT2D eigenvalue weighted by Crippen LogP contribution is 2.44. The van der Waals surface area contributed by atoms with Crippen molar-refractivity contribution in [2.45, 2.75) is 104 Å². The summed E-state index contributed by atoms with van der Waals surface area (Å²) in [5.74, 6) is -3.04. The molecule has 224 valence electrons. The highest BCUT2D eigenvalue weighted by Gasteiger charge is 2.39. The summed E-state index contributed by atoms with van der Waals surface area (Å²) in [4.78, 5) is 50.7. The number of rotatable bonds is 14. The Morgan fingerprint density at radius 1 is 0.564 bits per heavy atom. The zero-order chi connectivity index (χ0) is 29.2. The molecule has 2 rings (SSSR count). The Bertz CT molecular complexity index is 1010. The van der Waals surface area contributed by atoms with Gasteiger partial charge in [-0.3, -0.25) is 24.5 Å². The second-order valence-corrected chi connectivity index (χ2v) is 14.4. The van der Waals surface area contributed by atoms with Crippen LogP contribution in [0.1, 0.15) is 104 Å². The average Bonchev–Trinajstić information content (AvgIpc) is 2.87. The molecule has 0 bridgehead atoms. The predicted molar refractivity (Wildman–Crippen MR) is 140 cm³/mol. The molecule has 0 aromatic carbocycles. The van der Waals surface area contributed by atoms with E-state index in [1.807, 2.05) is 11.0 Å². The summed E-state index contributed by atoms with van der Waals surface area (Å²) in [6, 6.07) is 0. The number of hydrogen-bond donors (Lipinski definition) is 3. The van der Waals surface area contributed by atoms with Crippen molar-refractivity contribution in [2.24, 2.45) is 10.8 Å². The SMILES string of the molecule is CCS(=O)(=O)ONC(=O)CC1(CC(=O)NC(=O)CC2(CC(=O)NOS(=O)(=O)CC)CCCCC2)CCCCC1. The molecule has 0 unspecified atom stereocenters. The van der Waals surface area contributed by atoms with Crippen molar-refractivity contribution in [3.8, 4) is 0 Å². The van der Waals surface area contributed by atoms with Gasteiger partial charge in [0.1, 0.15) is 0 Å². The third-order valence-electron chi connectivity index (χ3n) is 7.52. The first kappa shape index (κ1) is 33.1. The number of hydroxylamine groups is 2. The van der Waals surface area contributed by atoms with Crippen molar-refractivity contribution in [3.05, 3.63) is 0 Å². The normalized spacial score (nSPS) is 19.0. The Morgan fingerprint density at radius 2 is 0.872 bits per heavy atom. The smallest absolute Gasteiger partial charge is 0.287 e. The monoisotopic (exact) mass is 595 g/mol. The molecule has 3 N–H and O–H groups in total. The predicted octanol–water partition coefficient (Wildman–Crippen LogP) is 1.89. The lowest BCUT2D eigenvalue weighted by atomic mass is 9.69. The standard InChI is InChI=1S/C24H41N3O10S2/c1-3-38(32,33)36-26-21(30)17-23(11-7-5-8-12-23)15-19(28)25-20(29)16-24(13-9-6-10-14-24)18-22(31)27-37-39(34,35)4-2/h3-18H2,1-2H3,(H,26,30)(H,27,31)(H,25,28,29). The molecule has 2 saturated carbocycles. The fourth-order valence-electron chi connectivity index (χ4n) is 5.45. The molecule has 13 nitrogen and oxygen atoms in total. The van der Waals surface area contributed by atoms with Gasteiger partial charge in [-0.1, -0.05) is 38.5 Å². The lowest BCUT2D eigenvalue weighted by Crippen LogP contribution is -2.42. The number of nitrogens with one attached hydrogen (secondary N) is 3. The van der Waals surface area contributed by atoms with Crippen LogP contribution in [0.2, 0.25) is 0 Å². The minimum absolute atomic E-state index is 0.0944. The van der Waals surface area contributed by atoms with Crippen molar-refractivity contribution in [1.29, 1.82) is 0 Å². The lowest BCUT2D eigenvalue weighted by Gasteiger charge is -2.37. The van der Waals surface area contributed by atoms with Gasteiger partial charge in [0, 0.05) is 25.7 Å². The van der Waals surface area contributed by atoms with E-state index < -0.39 is 54.7 Å².